The van der Waals surface area contributed by atoms with Crippen LogP contribution < -0.4 is 14.8 Å². The van der Waals surface area contributed by atoms with E-state index < -0.39 is 33.6 Å². The Morgan fingerprint density at radius 3 is 2.30 bits per heavy atom. The molecule has 0 spiro atoms. The van der Waals surface area contributed by atoms with Gasteiger partial charge in [0.05, 0.1) is 22.5 Å². The second-order valence-corrected chi connectivity index (χ2v) is 13.0. The highest BCUT2D eigenvalue weighted by Crippen LogP contribution is 2.59. The van der Waals surface area contributed by atoms with E-state index in [1.54, 1.807) is 30.3 Å². The summed E-state index contributed by atoms with van der Waals surface area (Å²) in [5.74, 6) is -0.708. The Bertz CT molecular complexity index is 1840. The number of ether oxygens (including phenoxy) is 1. The standard InChI is InChI=1S/C32H29F3N4O4S/c1-19-5-3-6-20(2)28(19)25-16-27-38-30(37-25)39-44(41,42)24-8-4-7-23(15-24)29(40)36-18-26(43-27)22-11-9-21(10-12-22)17-31(13-14-31)32(33,34)35/h3-12,15-16,26H,13-14,17-18H2,1-2H3,(H,36,40)(H,37,38,39). The number of aromatic nitrogens is 2. The van der Waals surface area contributed by atoms with Gasteiger partial charge in [0.2, 0.25) is 11.8 Å². The number of rotatable bonds is 4. The molecule has 1 amide bonds. The van der Waals surface area contributed by atoms with Gasteiger partial charge in [-0.25, -0.2) is 18.1 Å². The number of nitrogens with zero attached hydrogens (tertiary/aromatic N) is 2. The average molecular weight is 623 g/mol. The van der Waals surface area contributed by atoms with Crippen LogP contribution in [-0.4, -0.2) is 37.0 Å². The first-order valence-corrected chi connectivity index (χ1v) is 15.5. The molecule has 1 aliphatic carbocycles. The van der Waals surface area contributed by atoms with Gasteiger partial charge in [0.1, 0.15) is 6.10 Å². The zero-order valence-corrected chi connectivity index (χ0v) is 24.7. The maximum Gasteiger partial charge on any atom is 0.394 e. The summed E-state index contributed by atoms with van der Waals surface area (Å²) in [6.07, 6.45) is -4.97. The van der Waals surface area contributed by atoms with E-state index in [1.165, 1.54) is 24.3 Å². The van der Waals surface area contributed by atoms with E-state index in [2.05, 4.69) is 20.0 Å². The molecule has 1 saturated carbocycles. The number of hydrogen-bond donors (Lipinski definition) is 2. The van der Waals surface area contributed by atoms with Crippen molar-refractivity contribution in [3.05, 3.63) is 101 Å². The molecule has 1 atom stereocenters. The smallest absolute Gasteiger partial charge is 0.394 e. The Morgan fingerprint density at radius 1 is 0.955 bits per heavy atom. The predicted molar refractivity (Wildman–Crippen MR) is 158 cm³/mol. The molecule has 6 rings (SSSR count). The fraction of sp³-hybridized carbons (Fsp3) is 0.281. The van der Waals surface area contributed by atoms with Crippen molar-refractivity contribution >= 4 is 21.9 Å². The Morgan fingerprint density at radius 2 is 1.64 bits per heavy atom. The first-order chi connectivity index (χ1) is 20.8. The molecule has 1 unspecified atom stereocenters. The quantitative estimate of drug-likeness (QED) is 0.276. The first kappa shape index (κ1) is 29.6. The topological polar surface area (TPSA) is 110 Å². The number of amides is 1. The van der Waals surface area contributed by atoms with E-state index in [9.17, 15) is 26.4 Å². The van der Waals surface area contributed by atoms with Crippen LogP contribution in [0.1, 0.15) is 51.6 Å². The molecule has 1 aromatic heterocycles. The molecule has 4 bridgehead atoms. The number of anilines is 1. The van der Waals surface area contributed by atoms with E-state index in [4.69, 9.17) is 4.74 Å². The molecule has 4 aromatic rings. The highest BCUT2D eigenvalue weighted by molar-refractivity contribution is 7.92. The lowest BCUT2D eigenvalue weighted by molar-refractivity contribution is -0.186. The van der Waals surface area contributed by atoms with Gasteiger partial charge in [-0.1, -0.05) is 48.5 Å². The van der Waals surface area contributed by atoms with Gasteiger partial charge in [-0.2, -0.15) is 18.2 Å². The van der Waals surface area contributed by atoms with Crippen molar-refractivity contribution in [3.8, 4) is 17.1 Å². The number of nitrogens with one attached hydrogen (secondary N) is 2. The molecule has 1 fully saturated rings. The molecule has 3 aromatic carbocycles. The van der Waals surface area contributed by atoms with Gasteiger partial charge in [0, 0.05) is 17.2 Å². The Balaban J connectivity index is 1.42. The first-order valence-electron chi connectivity index (χ1n) is 14.0. The summed E-state index contributed by atoms with van der Waals surface area (Å²) >= 11 is 0. The Hall–Kier alpha value is -4.45. The molecule has 0 saturated heterocycles. The minimum absolute atomic E-state index is 0.0346. The van der Waals surface area contributed by atoms with E-state index in [1.807, 2.05) is 32.0 Å². The van der Waals surface area contributed by atoms with Crippen LogP contribution in [0.2, 0.25) is 0 Å². The molecule has 2 heterocycles. The van der Waals surface area contributed by atoms with Gasteiger partial charge in [0.25, 0.3) is 15.9 Å². The lowest BCUT2D eigenvalue weighted by Crippen LogP contribution is -2.31. The van der Waals surface area contributed by atoms with E-state index in [0.717, 1.165) is 16.7 Å². The summed E-state index contributed by atoms with van der Waals surface area (Å²) in [6, 6.07) is 19.5. The van der Waals surface area contributed by atoms with Gasteiger partial charge in [-0.15, -0.1) is 0 Å². The molecule has 12 heteroatoms. The largest absolute Gasteiger partial charge is 0.467 e. The van der Waals surface area contributed by atoms with Crippen LogP contribution in [0.5, 0.6) is 5.88 Å². The Labute approximate surface area is 252 Å². The van der Waals surface area contributed by atoms with Crippen molar-refractivity contribution in [1.82, 2.24) is 15.3 Å². The maximum absolute atomic E-state index is 13.6. The molecule has 0 radical (unpaired) electrons. The second-order valence-electron chi connectivity index (χ2n) is 11.3. The number of alkyl halides is 3. The third-order valence-corrected chi connectivity index (χ3v) is 9.46. The third kappa shape index (κ3) is 5.86. The van der Waals surface area contributed by atoms with Crippen LogP contribution in [0.4, 0.5) is 19.1 Å². The molecule has 1 aliphatic heterocycles. The monoisotopic (exact) mass is 622 g/mol. The fourth-order valence-electron chi connectivity index (χ4n) is 5.47. The summed E-state index contributed by atoms with van der Waals surface area (Å²) < 4.78 is 76.0. The second kappa shape index (κ2) is 10.9. The molecule has 2 N–H and O–H groups in total. The average Bonchev–Trinajstić information content (AvgIpc) is 3.76. The lowest BCUT2D eigenvalue weighted by Gasteiger charge is -2.22. The minimum atomic E-state index is -4.26. The van der Waals surface area contributed by atoms with E-state index in [0.29, 0.717) is 16.8 Å². The minimum Gasteiger partial charge on any atom is -0.467 e. The van der Waals surface area contributed by atoms with Gasteiger partial charge < -0.3 is 10.1 Å². The summed E-state index contributed by atoms with van der Waals surface area (Å²) in [5, 5.41) is 2.79. The highest BCUT2D eigenvalue weighted by atomic mass is 32.2. The summed E-state index contributed by atoms with van der Waals surface area (Å²) in [5.41, 5.74) is 2.59. The van der Waals surface area contributed by atoms with Gasteiger partial charge in [-0.05, 0) is 73.6 Å². The molecular formula is C32H29F3N4O4S. The molecule has 8 nitrogen and oxygen atoms in total. The van der Waals surface area contributed by atoms with Crippen molar-refractivity contribution in [2.75, 3.05) is 11.3 Å². The zero-order valence-electron chi connectivity index (χ0n) is 23.9. The predicted octanol–water partition coefficient (Wildman–Crippen LogP) is 6.31. The van der Waals surface area contributed by atoms with Crippen LogP contribution in [0.3, 0.4) is 0 Å². The molecule has 228 valence electrons. The van der Waals surface area contributed by atoms with E-state index in [-0.39, 0.29) is 48.1 Å². The summed E-state index contributed by atoms with van der Waals surface area (Å²) in [4.78, 5) is 21.8. The van der Waals surface area contributed by atoms with Crippen LogP contribution in [0.25, 0.3) is 11.3 Å². The van der Waals surface area contributed by atoms with Crippen LogP contribution in [-0.2, 0) is 16.4 Å². The van der Waals surface area contributed by atoms with Gasteiger partial charge in [0.15, 0.2) is 0 Å². The molecular weight excluding hydrogens is 593 g/mol. The Kier molecular flexibility index (Phi) is 7.35. The number of halogens is 3. The van der Waals surface area contributed by atoms with Crippen LogP contribution >= 0.6 is 0 Å². The summed E-state index contributed by atoms with van der Waals surface area (Å²) in [7, 11) is -4.18. The van der Waals surface area contributed by atoms with Crippen LogP contribution in [0, 0.1) is 19.3 Å². The van der Waals surface area contributed by atoms with Crippen molar-refractivity contribution < 1.29 is 31.1 Å². The van der Waals surface area contributed by atoms with Crippen molar-refractivity contribution in [2.45, 2.75) is 50.3 Å². The van der Waals surface area contributed by atoms with Crippen molar-refractivity contribution in [1.29, 1.82) is 0 Å². The van der Waals surface area contributed by atoms with E-state index >= 15 is 0 Å². The fourth-order valence-corrected chi connectivity index (χ4v) is 6.46. The third-order valence-electron chi connectivity index (χ3n) is 8.13. The van der Waals surface area contributed by atoms with Gasteiger partial charge in [-0.3, -0.25) is 4.79 Å². The number of hydrogen-bond acceptors (Lipinski definition) is 6. The van der Waals surface area contributed by atoms with Crippen LogP contribution in [0.15, 0.2) is 77.7 Å². The highest BCUT2D eigenvalue weighted by Gasteiger charge is 2.62. The van der Waals surface area contributed by atoms with Crippen molar-refractivity contribution in [3.63, 3.8) is 0 Å². The summed E-state index contributed by atoms with van der Waals surface area (Å²) in [6.45, 7) is 3.79. The lowest BCUT2D eigenvalue weighted by atomic mass is 9.94. The maximum atomic E-state index is 13.6. The molecule has 44 heavy (non-hydrogen) atoms. The number of aryl methyl sites for hydroxylation is 2. The SMILES string of the molecule is Cc1cccc(C)c1-c1cc2nc(n1)NS(=O)(=O)c1cccc(c1)C(=O)NCC(c1ccc(CC3(C(F)(F)F)CC3)cc1)O2. The molecule has 2 aliphatic rings. The number of carbonyl (C=O) groups excluding carboxylic acids is 1. The zero-order chi connectivity index (χ0) is 31.3. The number of benzene rings is 3. The van der Waals surface area contributed by atoms with Gasteiger partial charge >= 0.3 is 6.18 Å². The van der Waals surface area contributed by atoms with Crippen molar-refractivity contribution in [2.24, 2.45) is 5.41 Å². The normalized spacial score (nSPS) is 18.8. The number of fused-ring (bicyclic) bond motifs is 4. The number of carbonyl (C=O) groups is 1. The number of sulfonamides is 1.